The van der Waals surface area contributed by atoms with Gasteiger partial charge in [-0.15, -0.1) is 11.3 Å². The first-order valence-electron chi connectivity index (χ1n) is 6.19. The van der Waals surface area contributed by atoms with E-state index in [4.69, 9.17) is 0 Å². The molecule has 5 nitrogen and oxygen atoms in total. The number of aromatic nitrogens is 1. The van der Waals surface area contributed by atoms with E-state index < -0.39 is 5.60 Å². The Hall–Kier alpha value is -0.980. The van der Waals surface area contributed by atoms with E-state index in [2.05, 4.69) is 15.2 Å². The fourth-order valence-corrected chi connectivity index (χ4v) is 2.67. The number of likely N-dealkylation sites (tertiary alicyclic amines) is 1. The van der Waals surface area contributed by atoms with Gasteiger partial charge in [0.1, 0.15) is 0 Å². The topological polar surface area (TPSA) is 65.5 Å². The maximum absolute atomic E-state index is 11.8. The average Bonchev–Trinajstić information content (AvgIpc) is 2.72. The second-order valence-electron chi connectivity index (χ2n) is 5.01. The van der Waals surface area contributed by atoms with E-state index in [1.54, 1.807) is 6.20 Å². The van der Waals surface area contributed by atoms with Gasteiger partial charge in [-0.3, -0.25) is 9.69 Å². The van der Waals surface area contributed by atoms with Crippen molar-refractivity contribution in [1.82, 2.24) is 9.88 Å². The molecule has 2 N–H and O–H groups in total. The fraction of sp³-hybridized carbons (Fsp3) is 0.667. The number of nitrogens with zero attached hydrogens (tertiary/aromatic N) is 2. The monoisotopic (exact) mass is 269 g/mol. The van der Waals surface area contributed by atoms with Crippen molar-refractivity contribution < 1.29 is 9.90 Å². The molecule has 1 aliphatic rings. The Morgan fingerprint density at radius 1 is 1.61 bits per heavy atom. The van der Waals surface area contributed by atoms with Gasteiger partial charge >= 0.3 is 0 Å². The van der Waals surface area contributed by atoms with Gasteiger partial charge < -0.3 is 10.4 Å². The number of nitrogens with one attached hydrogen (secondary N) is 1. The van der Waals surface area contributed by atoms with E-state index in [0.717, 1.165) is 32.4 Å². The molecule has 0 bridgehead atoms. The number of rotatable bonds is 3. The van der Waals surface area contributed by atoms with Crippen molar-refractivity contribution in [3.05, 3.63) is 11.6 Å². The van der Waals surface area contributed by atoms with E-state index in [0.29, 0.717) is 11.7 Å². The quantitative estimate of drug-likeness (QED) is 0.868. The lowest BCUT2D eigenvalue weighted by Crippen LogP contribution is -2.35. The zero-order chi connectivity index (χ0) is 13.0. The molecule has 2 rings (SSSR count). The maximum atomic E-state index is 11.8. The molecule has 0 radical (unpaired) electrons. The van der Waals surface area contributed by atoms with Crippen LogP contribution in [0, 0.1) is 0 Å². The molecule has 0 saturated carbocycles. The van der Waals surface area contributed by atoms with E-state index in [9.17, 15) is 9.90 Å². The number of aliphatic hydroxyl groups is 1. The van der Waals surface area contributed by atoms with Crippen LogP contribution in [0.3, 0.4) is 0 Å². The number of carbonyl (C=O) groups is 1. The van der Waals surface area contributed by atoms with E-state index in [-0.39, 0.29) is 5.91 Å². The van der Waals surface area contributed by atoms with E-state index in [1.807, 2.05) is 12.3 Å². The third-order valence-electron chi connectivity index (χ3n) is 3.20. The first-order chi connectivity index (χ1) is 8.55. The van der Waals surface area contributed by atoms with Crippen molar-refractivity contribution >= 4 is 22.4 Å². The molecule has 1 aliphatic heterocycles. The highest BCUT2D eigenvalue weighted by atomic mass is 32.1. The van der Waals surface area contributed by atoms with Crippen molar-refractivity contribution in [3.63, 3.8) is 0 Å². The lowest BCUT2D eigenvalue weighted by molar-refractivity contribution is -0.117. The van der Waals surface area contributed by atoms with Crippen LogP contribution in [0.2, 0.25) is 0 Å². The Morgan fingerprint density at radius 2 is 2.44 bits per heavy atom. The average molecular weight is 269 g/mol. The lowest BCUT2D eigenvalue weighted by Gasteiger charge is -2.21. The smallest absolute Gasteiger partial charge is 0.240 e. The van der Waals surface area contributed by atoms with Gasteiger partial charge in [0.2, 0.25) is 5.91 Å². The Bertz CT molecular complexity index is 392. The van der Waals surface area contributed by atoms with Crippen molar-refractivity contribution in [1.29, 1.82) is 0 Å². The van der Waals surface area contributed by atoms with Crippen molar-refractivity contribution in [3.8, 4) is 0 Å². The summed E-state index contributed by atoms with van der Waals surface area (Å²) in [6, 6.07) is 0. The molecular formula is C12H19N3O2S. The summed E-state index contributed by atoms with van der Waals surface area (Å²) in [6.45, 7) is 3.86. The SMILES string of the molecule is CC1(O)CCCN(CC(=O)Nc2nccs2)CC1. The van der Waals surface area contributed by atoms with Gasteiger partial charge in [0.15, 0.2) is 5.13 Å². The molecule has 1 saturated heterocycles. The van der Waals surface area contributed by atoms with Crippen molar-refractivity contribution in [2.45, 2.75) is 31.8 Å². The maximum Gasteiger partial charge on any atom is 0.240 e. The van der Waals surface area contributed by atoms with Crippen LogP contribution in [0.5, 0.6) is 0 Å². The van der Waals surface area contributed by atoms with Gasteiger partial charge in [0.25, 0.3) is 0 Å². The molecular weight excluding hydrogens is 250 g/mol. The molecule has 1 unspecified atom stereocenters. The number of hydrogen-bond acceptors (Lipinski definition) is 5. The fourth-order valence-electron chi connectivity index (χ4n) is 2.12. The van der Waals surface area contributed by atoms with Crippen LogP contribution >= 0.6 is 11.3 Å². The van der Waals surface area contributed by atoms with Crippen LogP contribution in [0.15, 0.2) is 11.6 Å². The van der Waals surface area contributed by atoms with E-state index >= 15 is 0 Å². The van der Waals surface area contributed by atoms with Crippen LogP contribution in [0.4, 0.5) is 5.13 Å². The minimum atomic E-state index is -0.583. The zero-order valence-corrected chi connectivity index (χ0v) is 11.4. The third kappa shape index (κ3) is 4.04. The van der Waals surface area contributed by atoms with Gasteiger partial charge in [-0.1, -0.05) is 0 Å². The van der Waals surface area contributed by atoms with Crippen LogP contribution in [0.25, 0.3) is 0 Å². The number of hydrogen-bond donors (Lipinski definition) is 2. The van der Waals surface area contributed by atoms with Crippen LogP contribution in [0.1, 0.15) is 26.2 Å². The summed E-state index contributed by atoms with van der Waals surface area (Å²) >= 11 is 1.42. The number of amides is 1. The Labute approximate surface area is 111 Å². The molecule has 1 atom stereocenters. The molecule has 1 aromatic heterocycles. The molecule has 1 fully saturated rings. The van der Waals surface area contributed by atoms with Crippen molar-refractivity contribution in [2.24, 2.45) is 0 Å². The minimum Gasteiger partial charge on any atom is -0.390 e. The molecule has 6 heteroatoms. The zero-order valence-electron chi connectivity index (χ0n) is 10.6. The van der Waals surface area contributed by atoms with Crippen LogP contribution < -0.4 is 5.32 Å². The predicted octanol–water partition coefficient (Wildman–Crippen LogP) is 1.32. The Balaban J connectivity index is 1.80. The second-order valence-corrected chi connectivity index (χ2v) is 5.91. The van der Waals surface area contributed by atoms with Gasteiger partial charge in [-0.05, 0) is 32.7 Å². The summed E-state index contributed by atoms with van der Waals surface area (Å²) in [5, 5.41) is 15.2. The highest BCUT2D eigenvalue weighted by Gasteiger charge is 2.25. The number of anilines is 1. The third-order valence-corrected chi connectivity index (χ3v) is 3.89. The highest BCUT2D eigenvalue weighted by Crippen LogP contribution is 2.21. The van der Waals surface area contributed by atoms with Gasteiger partial charge in [-0.25, -0.2) is 4.98 Å². The minimum absolute atomic E-state index is 0.0357. The molecule has 18 heavy (non-hydrogen) atoms. The Kier molecular flexibility index (Phi) is 4.31. The largest absolute Gasteiger partial charge is 0.390 e. The number of thiazole rings is 1. The summed E-state index contributed by atoms with van der Waals surface area (Å²) in [5.74, 6) is -0.0357. The van der Waals surface area contributed by atoms with Crippen molar-refractivity contribution in [2.75, 3.05) is 25.0 Å². The van der Waals surface area contributed by atoms with Gasteiger partial charge in [0.05, 0.1) is 12.1 Å². The Morgan fingerprint density at radius 3 is 3.17 bits per heavy atom. The second kappa shape index (κ2) is 5.77. The summed E-state index contributed by atoms with van der Waals surface area (Å²) in [4.78, 5) is 17.9. The molecule has 0 aliphatic carbocycles. The lowest BCUT2D eigenvalue weighted by atomic mass is 9.98. The predicted molar refractivity (Wildman–Crippen MR) is 71.7 cm³/mol. The molecule has 0 spiro atoms. The van der Waals surface area contributed by atoms with E-state index in [1.165, 1.54) is 11.3 Å². The van der Waals surface area contributed by atoms with Crippen LogP contribution in [-0.4, -0.2) is 46.1 Å². The molecule has 0 aromatic carbocycles. The normalized spacial score (nSPS) is 25.7. The molecule has 100 valence electrons. The molecule has 1 aromatic rings. The first kappa shape index (κ1) is 13.5. The molecule has 2 heterocycles. The summed E-state index contributed by atoms with van der Waals surface area (Å²) in [7, 11) is 0. The van der Waals surface area contributed by atoms with Gasteiger partial charge in [0, 0.05) is 18.1 Å². The number of carbonyl (C=O) groups excluding carboxylic acids is 1. The first-order valence-corrected chi connectivity index (χ1v) is 7.07. The molecule has 1 amide bonds. The highest BCUT2D eigenvalue weighted by molar-refractivity contribution is 7.13. The summed E-state index contributed by atoms with van der Waals surface area (Å²) in [6.07, 6.45) is 4.12. The standard InChI is InChI=1S/C12H19N3O2S/c1-12(17)3-2-6-15(7-4-12)9-10(16)14-11-13-5-8-18-11/h5,8,17H,2-4,6-7,9H2,1H3,(H,13,14,16). The summed E-state index contributed by atoms with van der Waals surface area (Å²) < 4.78 is 0. The van der Waals surface area contributed by atoms with Crippen LogP contribution in [-0.2, 0) is 4.79 Å². The summed E-state index contributed by atoms with van der Waals surface area (Å²) in [5.41, 5.74) is -0.583. The van der Waals surface area contributed by atoms with Gasteiger partial charge in [-0.2, -0.15) is 0 Å².